The molecule has 2 heteroatoms. The fourth-order valence-corrected chi connectivity index (χ4v) is 10.3. The van der Waals surface area contributed by atoms with E-state index >= 15 is 0 Å². The summed E-state index contributed by atoms with van der Waals surface area (Å²) in [5, 5.41) is 15.2. The van der Waals surface area contributed by atoms with E-state index in [-0.39, 0.29) is 10.8 Å². The molecule has 268 valence electrons. The average Bonchev–Trinajstić information content (AvgIpc) is 3.61. The lowest BCUT2D eigenvalue weighted by Crippen LogP contribution is -2.20. The third-order valence-electron chi connectivity index (χ3n) is 12.7. The molecule has 0 amide bonds. The van der Waals surface area contributed by atoms with Gasteiger partial charge in [0.05, 0.1) is 0 Å². The largest absolute Gasteiger partial charge is 0.355 e. The summed E-state index contributed by atoms with van der Waals surface area (Å²) in [4.78, 5) is 0. The third-order valence-corrected chi connectivity index (χ3v) is 12.7. The van der Waals surface area contributed by atoms with Gasteiger partial charge in [0, 0.05) is 39.0 Å². The fraction of sp³-hybridized carbons (Fsp3) is 0.111. The van der Waals surface area contributed by atoms with Crippen molar-refractivity contribution in [1.29, 1.82) is 0 Å². The summed E-state index contributed by atoms with van der Waals surface area (Å²) < 4.78 is 0. The Morgan fingerprint density at radius 3 is 1.55 bits per heavy atom. The summed E-state index contributed by atoms with van der Waals surface area (Å²) in [7, 11) is 0. The van der Waals surface area contributed by atoms with Gasteiger partial charge in [-0.3, -0.25) is 0 Å². The van der Waals surface area contributed by atoms with Crippen LogP contribution in [0, 0.1) is 0 Å². The molecule has 2 aliphatic rings. The van der Waals surface area contributed by atoms with Crippen LogP contribution < -0.4 is 10.6 Å². The molecule has 0 atom stereocenters. The number of hydrogen-bond donors (Lipinski definition) is 2. The number of benzene rings is 9. The maximum Gasteiger partial charge on any atom is 0.0463 e. The molecule has 0 aromatic heterocycles. The van der Waals surface area contributed by atoms with E-state index in [1.165, 1.54) is 88.0 Å². The molecule has 2 aliphatic carbocycles. The molecule has 0 saturated heterocycles. The first-order chi connectivity index (χ1) is 27.3. The van der Waals surface area contributed by atoms with Crippen molar-refractivity contribution in [1.82, 2.24) is 0 Å². The van der Waals surface area contributed by atoms with Gasteiger partial charge in [-0.15, -0.1) is 0 Å². The summed E-state index contributed by atoms with van der Waals surface area (Å²) in [5.41, 5.74) is 17.5. The molecule has 0 fully saturated rings. The Bertz CT molecular complexity index is 3090. The van der Waals surface area contributed by atoms with E-state index in [1.54, 1.807) is 0 Å². The minimum Gasteiger partial charge on any atom is -0.355 e. The van der Waals surface area contributed by atoms with Crippen molar-refractivity contribution in [3.63, 3.8) is 0 Å². The number of fused-ring (bicyclic) bond motifs is 10. The first kappa shape index (κ1) is 32.8. The maximum atomic E-state index is 3.89. The van der Waals surface area contributed by atoms with Gasteiger partial charge in [0.15, 0.2) is 0 Å². The molecule has 2 nitrogen and oxygen atoms in total. The molecular formula is C54H42N2. The lowest BCUT2D eigenvalue weighted by molar-refractivity contribution is 0.655. The molecule has 0 saturated carbocycles. The molecule has 9 aromatic carbocycles. The van der Waals surface area contributed by atoms with E-state index in [9.17, 15) is 0 Å². The van der Waals surface area contributed by atoms with Gasteiger partial charge < -0.3 is 10.6 Å². The average molecular weight is 719 g/mol. The first-order valence-corrected chi connectivity index (χ1v) is 19.8. The van der Waals surface area contributed by atoms with E-state index in [0.717, 1.165) is 22.7 Å². The maximum absolute atomic E-state index is 3.89. The zero-order valence-corrected chi connectivity index (χ0v) is 32.2. The molecule has 2 N–H and O–H groups in total. The summed E-state index contributed by atoms with van der Waals surface area (Å²) in [6, 6.07) is 62.5. The van der Waals surface area contributed by atoms with Crippen molar-refractivity contribution < 1.29 is 0 Å². The topological polar surface area (TPSA) is 24.1 Å². The predicted octanol–water partition coefficient (Wildman–Crippen LogP) is 14.9. The van der Waals surface area contributed by atoms with Crippen molar-refractivity contribution in [2.45, 2.75) is 38.5 Å². The van der Waals surface area contributed by atoms with Crippen molar-refractivity contribution in [2.24, 2.45) is 0 Å². The zero-order valence-electron chi connectivity index (χ0n) is 32.2. The van der Waals surface area contributed by atoms with Crippen molar-refractivity contribution in [2.75, 3.05) is 10.6 Å². The smallest absolute Gasteiger partial charge is 0.0463 e. The van der Waals surface area contributed by atoms with Crippen LogP contribution in [0.5, 0.6) is 0 Å². The van der Waals surface area contributed by atoms with E-state index in [2.05, 4.69) is 208 Å². The van der Waals surface area contributed by atoms with Crippen molar-refractivity contribution in [3.05, 3.63) is 192 Å². The first-order valence-electron chi connectivity index (χ1n) is 19.8. The predicted molar refractivity (Wildman–Crippen MR) is 239 cm³/mol. The molecule has 0 bridgehead atoms. The molecule has 9 aromatic rings. The van der Waals surface area contributed by atoms with Crippen LogP contribution in [-0.2, 0) is 10.8 Å². The Labute approximate surface area is 328 Å². The number of rotatable bonds is 5. The van der Waals surface area contributed by atoms with Gasteiger partial charge in [0.1, 0.15) is 0 Å². The van der Waals surface area contributed by atoms with Gasteiger partial charge in [-0.2, -0.15) is 0 Å². The van der Waals surface area contributed by atoms with E-state index in [1.807, 2.05) is 0 Å². The Hall–Kier alpha value is -6.64. The molecule has 0 radical (unpaired) electrons. The highest BCUT2D eigenvalue weighted by Gasteiger charge is 2.42. The van der Waals surface area contributed by atoms with Crippen LogP contribution in [-0.4, -0.2) is 0 Å². The summed E-state index contributed by atoms with van der Waals surface area (Å²) in [6.45, 7) is 9.63. The highest BCUT2D eigenvalue weighted by Crippen LogP contribution is 2.58. The highest BCUT2D eigenvalue weighted by atomic mass is 14.9. The van der Waals surface area contributed by atoms with Gasteiger partial charge in [0.2, 0.25) is 0 Å². The summed E-state index contributed by atoms with van der Waals surface area (Å²) in [5.74, 6) is 0. The number of anilines is 4. The van der Waals surface area contributed by atoms with Crippen LogP contribution in [0.4, 0.5) is 22.7 Å². The molecule has 0 aliphatic heterocycles. The van der Waals surface area contributed by atoms with E-state index in [0.29, 0.717) is 0 Å². The number of nitrogens with one attached hydrogen (secondary N) is 2. The van der Waals surface area contributed by atoms with Crippen molar-refractivity contribution >= 4 is 55.1 Å². The van der Waals surface area contributed by atoms with E-state index < -0.39 is 0 Å². The monoisotopic (exact) mass is 718 g/mol. The molecule has 0 spiro atoms. The van der Waals surface area contributed by atoms with Crippen LogP contribution in [0.2, 0.25) is 0 Å². The lowest BCUT2D eigenvalue weighted by atomic mass is 9.74. The van der Waals surface area contributed by atoms with Gasteiger partial charge in [-0.1, -0.05) is 161 Å². The number of hydrogen-bond acceptors (Lipinski definition) is 2. The van der Waals surface area contributed by atoms with Gasteiger partial charge >= 0.3 is 0 Å². The highest BCUT2D eigenvalue weighted by molar-refractivity contribution is 6.08. The van der Waals surface area contributed by atoms with Gasteiger partial charge in [-0.25, -0.2) is 0 Å². The minimum atomic E-state index is -0.244. The van der Waals surface area contributed by atoms with Crippen LogP contribution in [0.3, 0.4) is 0 Å². The Balaban J connectivity index is 0.982. The Morgan fingerprint density at radius 1 is 0.321 bits per heavy atom. The molecule has 0 heterocycles. The molecule has 56 heavy (non-hydrogen) atoms. The SMILES string of the molecule is CC1(C)c2cc(Nc3cccc4ccccc34)ccc2-c2cccc(-c3cccc4c3C(C)(C)c3c(Nc5ccc6c(ccc7ccccc76)c5)cccc3-4)c21. The lowest BCUT2D eigenvalue weighted by Gasteiger charge is -2.29. The zero-order chi connectivity index (χ0) is 37.8. The van der Waals surface area contributed by atoms with Crippen LogP contribution in [0.25, 0.3) is 65.7 Å². The molecular weight excluding hydrogens is 677 g/mol. The Morgan fingerprint density at radius 2 is 0.804 bits per heavy atom. The third kappa shape index (κ3) is 4.75. The second-order valence-corrected chi connectivity index (χ2v) is 16.7. The normalized spacial score (nSPS) is 14.4. The van der Waals surface area contributed by atoms with Crippen LogP contribution >= 0.6 is 0 Å². The molecule has 11 rings (SSSR count). The fourth-order valence-electron chi connectivity index (χ4n) is 10.3. The quantitative estimate of drug-likeness (QED) is 0.173. The van der Waals surface area contributed by atoms with Crippen molar-refractivity contribution in [3.8, 4) is 33.4 Å². The standard InChI is InChI=1S/C54H42N2/c1-53(2)47-32-37(55-48-23-9-15-33-13-6-8-17-40(33)48)28-30-41(47)42-18-10-19-43(50(42)53)44-20-11-21-45-46-22-12-24-49(52(46)54(3,4)51(44)45)56-36-27-29-39-35(31-36)26-25-34-14-5-7-16-38(34)39/h5-32,55-56H,1-4H3. The van der Waals surface area contributed by atoms with Crippen LogP contribution in [0.1, 0.15) is 49.9 Å². The minimum absolute atomic E-state index is 0.204. The molecule has 0 unspecified atom stereocenters. The van der Waals surface area contributed by atoms with Gasteiger partial charge in [0.25, 0.3) is 0 Å². The van der Waals surface area contributed by atoms with E-state index in [4.69, 9.17) is 0 Å². The van der Waals surface area contributed by atoms with Crippen LogP contribution in [0.15, 0.2) is 170 Å². The Kier molecular flexibility index (Phi) is 6.98. The van der Waals surface area contributed by atoms with Gasteiger partial charge in [-0.05, 0) is 119 Å². The second kappa shape index (κ2) is 11.9. The summed E-state index contributed by atoms with van der Waals surface area (Å²) in [6.07, 6.45) is 0. The second-order valence-electron chi connectivity index (χ2n) is 16.7. The summed E-state index contributed by atoms with van der Waals surface area (Å²) >= 11 is 0.